The van der Waals surface area contributed by atoms with Crippen LogP contribution in [-0.4, -0.2) is 15.6 Å². The number of benzene rings is 1. The molecule has 0 amide bonds. The summed E-state index contributed by atoms with van der Waals surface area (Å²) in [6, 6.07) is 9.13. The van der Waals surface area contributed by atoms with Crippen LogP contribution in [0.2, 0.25) is 0 Å². The van der Waals surface area contributed by atoms with Gasteiger partial charge in [-0.25, -0.2) is 4.98 Å². The molecule has 3 aromatic rings. The van der Waals surface area contributed by atoms with Crippen molar-refractivity contribution < 1.29 is 0 Å². The van der Waals surface area contributed by atoms with E-state index in [0.717, 1.165) is 10.8 Å². The van der Waals surface area contributed by atoms with Crippen LogP contribution < -0.4 is 5.32 Å². The maximum atomic E-state index is 4.83. The van der Waals surface area contributed by atoms with E-state index in [1.54, 1.807) is 11.3 Å². The molecule has 0 unspecified atom stereocenters. The molecule has 0 atom stereocenters. The van der Waals surface area contributed by atoms with E-state index in [1.807, 2.05) is 0 Å². The van der Waals surface area contributed by atoms with Crippen molar-refractivity contribution in [3.05, 3.63) is 35.8 Å². The maximum absolute atomic E-state index is 4.83. The number of nitrogens with one attached hydrogen (secondary N) is 1. The van der Waals surface area contributed by atoms with Gasteiger partial charge in [0.05, 0.1) is 5.69 Å². The lowest BCUT2D eigenvalue weighted by Crippen LogP contribution is -2.21. The fourth-order valence-electron chi connectivity index (χ4n) is 3.43. The average Bonchev–Trinajstić information content (AvgIpc) is 3.14. The lowest BCUT2D eigenvalue weighted by Gasteiger charge is -2.22. The molecule has 0 saturated heterocycles. The monoisotopic (exact) mass is 311 g/mol. The van der Waals surface area contributed by atoms with Crippen molar-refractivity contribution in [2.75, 3.05) is 5.32 Å². The molecule has 2 aromatic heterocycles. The van der Waals surface area contributed by atoms with Gasteiger partial charge < -0.3 is 9.88 Å². The second-order valence-electron chi connectivity index (χ2n) is 6.19. The van der Waals surface area contributed by atoms with Gasteiger partial charge in [0.2, 0.25) is 0 Å². The van der Waals surface area contributed by atoms with Crippen LogP contribution in [0, 0.1) is 0 Å². The topological polar surface area (TPSA) is 29.9 Å². The van der Waals surface area contributed by atoms with Gasteiger partial charge in [0.25, 0.3) is 0 Å². The highest BCUT2D eigenvalue weighted by molar-refractivity contribution is 7.14. The Morgan fingerprint density at radius 2 is 2.00 bits per heavy atom. The van der Waals surface area contributed by atoms with Crippen molar-refractivity contribution >= 4 is 27.4 Å². The number of hydrogen-bond donors (Lipinski definition) is 1. The molecule has 4 heteroatoms. The quantitative estimate of drug-likeness (QED) is 0.734. The van der Waals surface area contributed by atoms with Gasteiger partial charge in [-0.2, -0.15) is 0 Å². The van der Waals surface area contributed by atoms with Gasteiger partial charge in [0.15, 0.2) is 5.13 Å². The predicted molar refractivity (Wildman–Crippen MR) is 94.5 cm³/mol. The molecule has 0 spiro atoms. The van der Waals surface area contributed by atoms with Crippen molar-refractivity contribution in [1.82, 2.24) is 9.55 Å². The van der Waals surface area contributed by atoms with Crippen LogP contribution in [0.5, 0.6) is 0 Å². The first-order valence-electron chi connectivity index (χ1n) is 8.08. The fourth-order valence-corrected chi connectivity index (χ4v) is 4.22. The summed E-state index contributed by atoms with van der Waals surface area (Å²) in [6.45, 7) is 0. The third-order valence-corrected chi connectivity index (χ3v) is 5.38. The van der Waals surface area contributed by atoms with E-state index in [-0.39, 0.29) is 0 Å². The molecule has 1 aliphatic carbocycles. The van der Waals surface area contributed by atoms with E-state index >= 15 is 0 Å². The Hall–Kier alpha value is -1.81. The van der Waals surface area contributed by atoms with E-state index in [1.165, 1.54) is 48.6 Å². The summed E-state index contributed by atoms with van der Waals surface area (Å²) in [4.78, 5) is 4.83. The first kappa shape index (κ1) is 13.8. The van der Waals surface area contributed by atoms with Crippen LogP contribution in [0.1, 0.15) is 32.1 Å². The number of para-hydroxylation sites is 1. The molecule has 1 fully saturated rings. The predicted octanol–water partition coefficient (Wildman–Crippen LogP) is 5.05. The number of anilines is 1. The summed E-state index contributed by atoms with van der Waals surface area (Å²) in [7, 11) is 2.10. The third kappa shape index (κ3) is 2.52. The minimum atomic E-state index is 0.611. The van der Waals surface area contributed by atoms with Crippen LogP contribution >= 0.6 is 11.3 Å². The van der Waals surface area contributed by atoms with Gasteiger partial charge in [0, 0.05) is 41.1 Å². The van der Waals surface area contributed by atoms with Gasteiger partial charge in [-0.3, -0.25) is 0 Å². The molecule has 22 heavy (non-hydrogen) atoms. The molecule has 0 aliphatic heterocycles. The van der Waals surface area contributed by atoms with Gasteiger partial charge in [-0.05, 0) is 18.9 Å². The highest BCUT2D eigenvalue weighted by Crippen LogP contribution is 2.33. The van der Waals surface area contributed by atoms with E-state index < -0.39 is 0 Å². The van der Waals surface area contributed by atoms with Crippen molar-refractivity contribution in [3.8, 4) is 11.3 Å². The third-order valence-electron chi connectivity index (χ3n) is 4.61. The van der Waals surface area contributed by atoms with Gasteiger partial charge >= 0.3 is 0 Å². The van der Waals surface area contributed by atoms with E-state index in [4.69, 9.17) is 4.98 Å². The molecule has 1 aromatic carbocycles. The Bertz CT molecular complexity index is 781. The van der Waals surface area contributed by atoms with Crippen LogP contribution in [0.4, 0.5) is 5.13 Å². The number of thiazole rings is 1. The second kappa shape index (κ2) is 5.76. The van der Waals surface area contributed by atoms with Crippen molar-refractivity contribution in [1.29, 1.82) is 0 Å². The lowest BCUT2D eigenvalue weighted by atomic mass is 9.96. The normalized spacial score (nSPS) is 16.2. The molecule has 114 valence electrons. The zero-order valence-corrected chi connectivity index (χ0v) is 13.7. The van der Waals surface area contributed by atoms with E-state index in [2.05, 4.69) is 52.8 Å². The Labute approximate surface area is 135 Å². The first-order valence-corrected chi connectivity index (χ1v) is 8.96. The first-order chi connectivity index (χ1) is 10.8. The number of nitrogens with zero attached hydrogens (tertiary/aromatic N) is 2. The standard InChI is InChI=1S/C18H21N3S/c1-21-11-15(14-9-5-6-10-17(14)21)16-12-22-18(20-16)19-13-7-3-2-4-8-13/h5-6,9-13H,2-4,7-8H2,1H3,(H,19,20). The highest BCUT2D eigenvalue weighted by atomic mass is 32.1. The fraction of sp³-hybridized carbons (Fsp3) is 0.389. The van der Waals surface area contributed by atoms with Crippen molar-refractivity contribution in [2.24, 2.45) is 7.05 Å². The SMILES string of the molecule is Cn1cc(-c2csc(NC3CCCCC3)n2)c2ccccc21. The van der Waals surface area contributed by atoms with Gasteiger partial charge in [-0.15, -0.1) is 11.3 Å². The molecule has 1 N–H and O–H groups in total. The van der Waals surface area contributed by atoms with Crippen molar-refractivity contribution in [3.63, 3.8) is 0 Å². The van der Waals surface area contributed by atoms with Gasteiger partial charge in [-0.1, -0.05) is 37.5 Å². The smallest absolute Gasteiger partial charge is 0.183 e. The van der Waals surface area contributed by atoms with Crippen LogP contribution in [-0.2, 0) is 7.05 Å². The zero-order valence-electron chi connectivity index (χ0n) is 12.9. The minimum absolute atomic E-state index is 0.611. The molecule has 0 bridgehead atoms. The molecular formula is C18H21N3S. The molecule has 1 aliphatic rings. The average molecular weight is 311 g/mol. The van der Waals surface area contributed by atoms with Crippen LogP contribution in [0.25, 0.3) is 22.2 Å². The van der Waals surface area contributed by atoms with E-state index in [9.17, 15) is 0 Å². The largest absolute Gasteiger partial charge is 0.359 e. The summed E-state index contributed by atoms with van der Waals surface area (Å²) < 4.78 is 2.18. The summed E-state index contributed by atoms with van der Waals surface area (Å²) >= 11 is 1.72. The molecule has 1 saturated carbocycles. The minimum Gasteiger partial charge on any atom is -0.359 e. The van der Waals surface area contributed by atoms with Crippen molar-refractivity contribution in [2.45, 2.75) is 38.1 Å². The van der Waals surface area contributed by atoms with Crippen LogP contribution in [0.3, 0.4) is 0 Å². The summed E-state index contributed by atoms with van der Waals surface area (Å²) in [5, 5.41) is 8.14. The summed E-state index contributed by atoms with van der Waals surface area (Å²) in [5.74, 6) is 0. The zero-order chi connectivity index (χ0) is 14.9. The van der Waals surface area contributed by atoms with E-state index in [0.29, 0.717) is 6.04 Å². The number of hydrogen-bond acceptors (Lipinski definition) is 3. The second-order valence-corrected chi connectivity index (χ2v) is 7.05. The summed E-state index contributed by atoms with van der Waals surface area (Å²) in [5.41, 5.74) is 3.57. The highest BCUT2D eigenvalue weighted by Gasteiger charge is 2.16. The number of rotatable bonds is 3. The molecule has 0 radical (unpaired) electrons. The lowest BCUT2D eigenvalue weighted by molar-refractivity contribution is 0.462. The Morgan fingerprint density at radius 3 is 2.86 bits per heavy atom. The van der Waals surface area contributed by atoms with Gasteiger partial charge in [0.1, 0.15) is 0 Å². The summed E-state index contributed by atoms with van der Waals surface area (Å²) in [6.07, 6.45) is 8.83. The molecule has 4 rings (SSSR count). The molecular weight excluding hydrogens is 290 g/mol. The Kier molecular flexibility index (Phi) is 3.62. The number of fused-ring (bicyclic) bond motifs is 1. The number of aryl methyl sites for hydroxylation is 1. The molecule has 2 heterocycles. The van der Waals surface area contributed by atoms with Crippen LogP contribution in [0.15, 0.2) is 35.8 Å². The maximum Gasteiger partial charge on any atom is 0.183 e. The molecule has 3 nitrogen and oxygen atoms in total. The number of aromatic nitrogens is 2. The Balaban J connectivity index is 1.62. The Morgan fingerprint density at radius 1 is 1.18 bits per heavy atom.